The van der Waals surface area contributed by atoms with Crippen molar-refractivity contribution in [3.63, 3.8) is 0 Å². The summed E-state index contributed by atoms with van der Waals surface area (Å²) in [6.45, 7) is 1.54. The maximum Gasteiger partial charge on any atom is 0.113 e. The van der Waals surface area contributed by atoms with Crippen molar-refractivity contribution in [2.75, 3.05) is 5.32 Å². The van der Waals surface area contributed by atoms with Gasteiger partial charge in [-0.1, -0.05) is 78.0 Å². The molecule has 1 N–H and O–H groups in total. The van der Waals surface area contributed by atoms with E-state index in [1.807, 2.05) is 35.1 Å². The standard InChI is InChI=1S/C22H20N4/c1-3-7-18(8-4-1)15-23-21-13-11-20(12-14-21)22-17-26(25-24-22)16-19-9-5-2-6-10-19/h1-14,17,23H,15-16H2. The Morgan fingerprint density at radius 3 is 2.08 bits per heavy atom. The van der Waals surface area contributed by atoms with E-state index < -0.39 is 0 Å². The van der Waals surface area contributed by atoms with Crippen LogP contribution in [0.1, 0.15) is 11.1 Å². The van der Waals surface area contributed by atoms with Crippen LogP contribution in [0.15, 0.2) is 91.1 Å². The molecule has 0 aliphatic heterocycles. The number of nitrogens with zero attached hydrogens (tertiary/aromatic N) is 3. The first kappa shape index (κ1) is 16.1. The Bertz CT molecular complexity index is 944. The van der Waals surface area contributed by atoms with Gasteiger partial charge in [-0.2, -0.15) is 0 Å². The van der Waals surface area contributed by atoms with E-state index in [4.69, 9.17) is 0 Å². The number of hydrogen-bond acceptors (Lipinski definition) is 3. The molecule has 0 saturated carbocycles. The molecule has 0 saturated heterocycles. The number of benzene rings is 3. The third kappa shape index (κ3) is 3.98. The van der Waals surface area contributed by atoms with Crippen LogP contribution in [0, 0.1) is 0 Å². The Labute approximate surface area is 153 Å². The van der Waals surface area contributed by atoms with Gasteiger partial charge in [0, 0.05) is 17.8 Å². The van der Waals surface area contributed by atoms with E-state index in [-0.39, 0.29) is 0 Å². The van der Waals surface area contributed by atoms with Gasteiger partial charge in [0.25, 0.3) is 0 Å². The van der Waals surface area contributed by atoms with Crippen LogP contribution in [0.4, 0.5) is 5.69 Å². The van der Waals surface area contributed by atoms with E-state index in [1.54, 1.807) is 0 Å². The summed E-state index contributed by atoms with van der Waals surface area (Å²) in [5.74, 6) is 0. The number of nitrogens with one attached hydrogen (secondary N) is 1. The highest BCUT2D eigenvalue weighted by molar-refractivity contribution is 5.61. The Balaban J connectivity index is 1.40. The van der Waals surface area contributed by atoms with E-state index in [0.717, 1.165) is 30.0 Å². The highest BCUT2D eigenvalue weighted by atomic mass is 15.4. The summed E-state index contributed by atoms with van der Waals surface area (Å²) in [6, 6.07) is 29.0. The van der Waals surface area contributed by atoms with Gasteiger partial charge in [0.2, 0.25) is 0 Å². The van der Waals surface area contributed by atoms with Gasteiger partial charge in [-0.15, -0.1) is 5.10 Å². The molecule has 4 rings (SSSR count). The zero-order valence-electron chi connectivity index (χ0n) is 14.4. The molecule has 0 fully saturated rings. The van der Waals surface area contributed by atoms with Crippen molar-refractivity contribution in [3.05, 3.63) is 102 Å². The fraction of sp³-hybridized carbons (Fsp3) is 0.0909. The summed E-state index contributed by atoms with van der Waals surface area (Å²) in [5.41, 5.74) is 5.52. The van der Waals surface area contributed by atoms with E-state index in [1.165, 1.54) is 11.1 Å². The smallest absolute Gasteiger partial charge is 0.113 e. The SMILES string of the molecule is c1ccc(CNc2ccc(-c3cn(Cc4ccccc4)nn3)cc2)cc1. The molecular formula is C22H20N4. The molecule has 0 atom stereocenters. The predicted octanol–water partition coefficient (Wildman–Crippen LogP) is 4.61. The molecule has 0 radical (unpaired) electrons. The molecule has 0 bridgehead atoms. The number of aromatic nitrogens is 3. The minimum Gasteiger partial charge on any atom is -0.381 e. The van der Waals surface area contributed by atoms with E-state index in [0.29, 0.717) is 0 Å². The van der Waals surface area contributed by atoms with Crippen LogP contribution in [0.3, 0.4) is 0 Å². The first-order valence-electron chi connectivity index (χ1n) is 8.69. The molecule has 0 spiro atoms. The average molecular weight is 340 g/mol. The molecule has 3 aromatic carbocycles. The van der Waals surface area contributed by atoms with Crippen molar-refractivity contribution in [1.82, 2.24) is 15.0 Å². The zero-order valence-corrected chi connectivity index (χ0v) is 14.4. The topological polar surface area (TPSA) is 42.7 Å². The first-order valence-corrected chi connectivity index (χ1v) is 8.69. The molecule has 4 heteroatoms. The van der Waals surface area contributed by atoms with Gasteiger partial charge in [-0.3, -0.25) is 0 Å². The van der Waals surface area contributed by atoms with Crippen LogP contribution in [-0.4, -0.2) is 15.0 Å². The summed E-state index contributed by atoms with van der Waals surface area (Å²) >= 11 is 0. The van der Waals surface area contributed by atoms with Crippen molar-refractivity contribution in [2.45, 2.75) is 13.1 Å². The van der Waals surface area contributed by atoms with E-state index in [2.05, 4.69) is 76.3 Å². The fourth-order valence-electron chi connectivity index (χ4n) is 2.84. The highest BCUT2D eigenvalue weighted by Gasteiger charge is 2.05. The molecule has 4 aromatic rings. The molecule has 26 heavy (non-hydrogen) atoms. The molecule has 128 valence electrons. The maximum atomic E-state index is 4.30. The second-order valence-electron chi connectivity index (χ2n) is 6.20. The molecule has 1 aromatic heterocycles. The predicted molar refractivity (Wildman–Crippen MR) is 105 cm³/mol. The van der Waals surface area contributed by atoms with Gasteiger partial charge in [0.1, 0.15) is 5.69 Å². The third-order valence-electron chi connectivity index (χ3n) is 4.25. The molecule has 0 amide bonds. The quantitative estimate of drug-likeness (QED) is 0.557. The Morgan fingerprint density at radius 1 is 0.731 bits per heavy atom. The lowest BCUT2D eigenvalue weighted by atomic mass is 10.1. The molecule has 1 heterocycles. The van der Waals surface area contributed by atoms with Gasteiger partial charge in [-0.25, -0.2) is 4.68 Å². The van der Waals surface area contributed by atoms with Crippen LogP contribution in [-0.2, 0) is 13.1 Å². The summed E-state index contributed by atoms with van der Waals surface area (Å²) < 4.78 is 1.87. The van der Waals surface area contributed by atoms with Gasteiger partial charge >= 0.3 is 0 Å². The average Bonchev–Trinajstić information content (AvgIpc) is 3.17. The van der Waals surface area contributed by atoms with Crippen molar-refractivity contribution in [2.24, 2.45) is 0 Å². The molecule has 0 aliphatic rings. The fourth-order valence-corrected chi connectivity index (χ4v) is 2.84. The molecule has 4 nitrogen and oxygen atoms in total. The molecule has 0 aliphatic carbocycles. The summed E-state index contributed by atoms with van der Waals surface area (Å²) in [5, 5.41) is 12.0. The van der Waals surface area contributed by atoms with Crippen molar-refractivity contribution < 1.29 is 0 Å². The van der Waals surface area contributed by atoms with E-state index in [9.17, 15) is 0 Å². The lowest BCUT2D eigenvalue weighted by Gasteiger charge is -2.07. The Hall–Kier alpha value is -3.40. The highest BCUT2D eigenvalue weighted by Crippen LogP contribution is 2.19. The van der Waals surface area contributed by atoms with Crippen LogP contribution < -0.4 is 5.32 Å². The molecule has 0 unspecified atom stereocenters. The Kier molecular flexibility index (Phi) is 4.74. The maximum absolute atomic E-state index is 4.30. The minimum absolute atomic E-state index is 0.727. The van der Waals surface area contributed by atoms with Crippen LogP contribution in [0.25, 0.3) is 11.3 Å². The summed E-state index contributed by atoms with van der Waals surface area (Å²) in [6.07, 6.45) is 1.99. The Morgan fingerprint density at radius 2 is 1.38 bits per heavy atom. The monoisotopic (exact) mass is 340 g/mol. The van der Waals surface area contributed by atoms with Gasteiger partial charge in [0.15, 0.2) is 0 Å². The summed E-state index contributed by atoms with van der Waals surface area (Å²) in [4.78, 5) is 0. The van der Waals surface area contributed by atoms with Gasteiger partial charge in [0.05, 0.1) is 12.7 Å². The normalized spacial score (nSPS) is 10.6. The number of hydrogen-bond donors (Lipinski definition) is 1. The van der Waals surface area contributed by atoms with Crippen molar-refractivity contribution in [3.8, 4) is 11.3 Å². The van der Waals surface area contributed by atoms with Gasteiger partial charge in [-0.05, 0) is 23.3 Å². The first-order chi connectivity index (χ1) is 12.9. The van der Waals surface area contributed by atoms with Crippen LogP contribution in [0.5, 0.6) is 0 Å². The number of rotatable bonds is 6. The van der Waals surface area contributed by atoms with Crippen molar-refractivity contribution >= 4 is 5.69 Å². The van der Waals surface area contributed by atoms with Crippen LogP contribution >= 0.6 is 0 Å². The minimum atomic E-state index is 0.727. The number of anilines is 1. The lowest BCUT2D eigenvalue weighted by Crippen LogP contribution is -1.99. The lowest BCUT2D eigenvalue weighted by molar-refractivity contribution is 0.650. The molecular weight excluding hydrogens is 320 g/mol. The largest absolute Gasteiger partial charge is 0.381 e. The van der Waals surface area contributed by atoms with E-state index >= 15 is 0 Å². The zero-order chi connectivity index (χ0) is 17.6. The van der Waals surface area contributed by atoms with Crippen molar-refractivity contribution in [1.29, 1.82) is 0 Å². The third-order valence-corrected chi connectivity index (χ3v) is 4.25. The second kappa shape index (κ2) is 7.66. The van der Waals surface area contributed by atoms with Gasteiger partial charge < -0.3 is 5.32 Å². The second-order valence-corrected chi connectivity index (χ2v) is 6.20. The summed E-state index contributed by atoms with van der Waals surface area (Å²) in [7, 11) is 0. The van der Waals surface area contributed by atoms with Crippen LogP contribution in [0.2, 0.25) is 0 Å².